The molecule has 1 rings (SSSR count). The van der Waals surface area contributed by atoms with Gasteiger partial charge in [-0.3, -0.25) is 0 Å². The molecule has 108 valence electrons. The Kier molecular flexibility index (Phi) is 5.03. The maximum Gasteiger partial charge on any atom is 0.240 e. The lowest BCUT2D eigenvalue weighted by Crippen LogP contribution is -2.33. The summed E-state index contributed by atoms with van der Waals surface area (Å²) in [5.74, 6) is 0.232. The normalized spacial score (nSPS) is 14.4. The summed E-state index contributed by atoms with van der Waals surface area (Å²) in [5.41, 5.74) is 6.17. The van der Waals surface area contributed by atoms with Crippen molar-refractivity contribution >= 4 is 31.6 Å². The molecular formula is C13H21BrN2O2S. The molecule has 1 aromatic carbocycles. The third kappa shape index (κ3) is 4.47. The first-order valence-electron chi connectivity index (χ1n) is 6.09. The summed E-state index contributed by atoms with van der Waals surface area (Å²) in [4.78, 5) is 0.189. The Hall–Kier alpha value is -0.590. The van der Waals surface area contributed by atoms with Gasteiger partial charge >= 0.3 is 0 Å². The van der Waals surface area contributed by atoms with Gasteiger partial charge in [-0.05, 0) is 45.5 Å². The highest BCUT2D eigenvalue weighted by atomic mass is 79.9. The zero-order chi connectivity index (χ0) is 14.8. The Bertz CT molecular complexity index is 550. The van der Waals surface area contributed by atoms with Crippen LogP contribution in [0.15, 0.2) is 27.6 Å². The average molecular weight is 349 g/mol. The molecule has 1 unspecified atom stereocenters. The molecule has 0 spiro atoms. The van der Waals surface area contributed by atoms with Crippen LogP contribution in [0.5, 0.6) is 0 Å². The van der Waals surface area contributed by atoms with Crippen LogP contribution in [0.25, 0.3) is 0 Å². The molecule has 0 amide bonds. The van der Waals surface area contributed by atoms with Gasteiger partial charge in [0.05, 0.1) is 4.90 Å². The van der Waals surface area contributed by atoms with Gasteiger partial charge in [0.25, 0.3) is 0 Å². The van der Waals surface area contributed by atoms with Crippen molar-refractivity contribution in [3.63, 3.8) is 0 Å². The van der Waals surface area contributed by atoms with Crippen molar-refractivity contribution in [2.75, 3.05) is 12.3 Å². The molecule has 0 aliphatic heterocycles. The third-order valence-electron chi connectivity index (χ3n) is 3.34. The van der Waals surface area contributed by atoms with Gasteiger partial charge in [0.15, 0.2) is 0 Å². The molecule has 0 aliphatic carbocycles. The summed E-state index contributed by atoms with van der Waals surface area (Å²) in [7, 11) is -3.51. The summed E-state index contributed by atoms with van der Waals surface area (Å²) in [6.45, 7) is 8.69. The van der Waals surface area contributed by atoms with E-state index in [0.29, 0.717) is 16.7 Å². The number of rotatable bonds is 4. The zero-order valence-corrected chi connectivity index (χ0v) is 14.1. The molecule has 0 saturated heterocycles. The second kappa shape index (κ2) is 5.81. The lowest BCUT2D eigenvalue weighted by atomic mass is 9.82. The first-order valence-corrected chi connectivity index (χ1v) is 8.36. The number of benzene rings is 1. The van der Waals surface area contributed by atoms with Crippen molar-refractivity contribution in [3.05, 3.63) is 22.7 Å². The van der Waals surface area contributed by atoms with Crippen LogP contribution in [0.1, 0.15) is 27.7 Å². The molecule has 4 nitrogen and oxygen atoms in total. The predicted octanol–water partition coefficient (Wildman–Crippen LogP) is 2.99. The molecule has 3 N–H and O–H groups in total. The van der Waals surface area contributed by atoms with Gasteiger partial charge in [-0.25, -0.2) is 13.1 Å². The first-order chi connectivity index (χ1) is 8.54. The third-order valence-corrected chi connectivity index (χ3v) is 5.48. The molecule has 0 radical (unpaired) electrons. The molecular weight excluding hydrogens is 328 g/mol. The van der Waals surface area contributed by atoms with E-state index in [1.165, 1.54) is 12.1 Å². The monoisotopic (exact) mass is 348 g/mol. The largest absolute Gasteiger partial charge is 0.398 e. The van der Waals surface area contributed by atoms with Crippen LogP contribution >= 0.6 is 15.9 Å². The summed E-state index contributed by atoms with van der Waals surface area (Å²) in [6, 6.07) is 4.62. The van der Waals surface area contributed by atoms with Crippen LogP contribution in [0.3, 0.4) is 0 Å². The van der Waals surface area contributed by atoms with Crippen LogP contribution < -0.4 is 10.5 Å². The van der Waals surface area contributed by atoms with E-state index >= 15 is 0 Å². The fraction of sp³-hybridized carbons (Fsp3) is 0.538. The lowest BCUT2D eigenvalue weighted by molar-refractivity contribution is 0.263. The minimum atomic E-state index is -3.51. The maximum absolute atomic E-state index is 12.1. The molecule has 1 atom stereocenters. The number of nitrogens with two attached hydrogens (primary N) is 1. The molecule has 0 bridgehead atoms. The molecule has 0 heterocycles. The Labute approximate surface area is 124 Å². The van der Waals surface area contributed by atoms with Crippen LogP contribution in [0.2, 0.25) is 0 Å². The van der Waals surface area contributed by atoms with Gasteiger partial charge in [0, 0.05) is 16.7 Å². The summed E-state index contributed by atoms with van der Waals surface area (Å²) >= 11 is 3.24. The number of nitrogen functional groups attached to an aromatic ring is 1. The minimum absolute atomic E-state index is 0.0568. The van der Waals surface area contributed by atoms with E-state index < -0.39 is 10.0 Å². The summed E-state index contributed by atoms with van der Waals surface area (Å²) in [6.07, 6.45) is 0. The molecule has 0 aliphatic rings. The number of anilines is 1. The van der Waals surface area contributed by atoms with Gasteiger partial charge < -0.3 is 5.73 Å². The maximum atomic E-state index is 12.1. The molecule has 19 heavy (non-hydrogen) atoms. The fourth-order valence-corrected chi connectivity index (χ4v) is 2.73. The highest BCUT2D eigenvalue weighted by Crippen LogP contribution is 2.26. The molecule has 0 aromatic heterocycles. The average Bonchev–Trinajstić information content (AvgIpc) is 2.28. The first kappa shape index (κ1) is 16.5. The van der Waals surface area contributed by atoms with E-state index in [2.05, 4.69) is 41.4 Å². The van der Waals surface area contributed by atoms with E-state index in [1.807, 2.05) is 6.92 Å². The second-order valence-electron chi connectivity index (χ2n) is 5.80. The van der Waals surface area contributed by atoms with Gasteiger partial charge in [-0.2, -0.15) is 0 Å². The second-order valence-corrected chi connectivity index (χ2v) is 8.42. The van der Waals surface area contributed by atoms with Crippen molar-refractivity contribution in [2.24, 2.45) is 11.3 Å². The van der Waals surface area contributed by atoms with Gasteiger partial charge in [0.2, 0.25) is 10.0 Å². The zero-order valence-electron chi connectivity index (χ0n) is 11.7. The van der Waals surface area contributed by atoms with Crippen molar-refractivity contribution in [1.82, 2.24) is 4.72 Å². The van der Waals surface area contributed by atoms with Crippen molar-refractivity contribution in [2.45, 2.75) is 32.6 Å². The van der Waals surface area contributed by atoms with Gasteiger partial charge in [-0.1, -0.05) is 27.7 Å². The number of sulfonamides is 1. The quantitative estimate of drug-likeness (QED) is 0.821. The van der Waals surface area contributed by atoms with Gasteiger partial charge in [-0.15, -0.1) is 0 Å². The Balaban J connectivity index is 2.85. The molecule has 6 heteroatoms. The van der Waals surface area contributed by atoms with Crippen LogP contribution in [0.4, 0.5) is 5.69 Å². The number of hydrogen-bond donors (Lipinski definition) is 2. The van der Waals surface area contributed by atoms with Crippen LogP contribution in [-0.4, -0.2) is 15.0 Å². The topological polar surface area (TPSA) is 72.2 Å². The summed E-state index contributed by atoms with van der Waals surface area (Å²) in [5, 5.41) is 0. The van der Waals surface area contributed by atoms with Crippen molar-refractivity contribution < 1.29 is 8.42 Å². The Morgan fingerprint density at radius 1 is 1.37 bits per heavy atom. The van der Waals surface area contributed by atoms with Gasteiger partial charge in [0.1, 0.15) is 0 Å². The Morgan fingerprint density at radius 3 is 2.42 bits per heavy atom. The summed E-state index contributed by atoms with van der Waals surface area (Å²) < 4.78 is 27.6. The van der Waals surface area contributed by atoms with Crippen molar-refractivity contribution in [1.29, 1.82) is 0 Å². The van der Waals surface area contributed by atoms with E-state index in [4.69, 9.17) is 5.73 Å². The smallest absolute Gasteiger partial charge is 0.240 e. The van der Waals surface area contributed by atoms with Crippen molar-refractivity contribution in [3.8, 4) is 0 Å². The number of halogens is 1. The highest BCUT2D eigenvalue weighted by molar-refractivity contribution is 9.10. The van der Waals surface area contributed by atoms with E-state index in [1.54, 1.807) is 6.07 Å². The molecule has 1 aromatic rings. The number of nitrogens with one attached hydrogen (secondary N) is 1. The molecule has 0 saturated carbocycles. The van der Waals surface area contributed by atoms with Crippen LogP contribution in [-0.2, 0) is 10.0 Å². The highest BCUT2D eigenvalue weighted by Gasteiger charge is 2.23. The van der Waals surface area contributed by atoms with E-state index in [-0.39, 0.29) is 16.2 Å². The fourth-order valence-electron chi connectivity index (χ4n) is 1.31. The lowest BCUT2D eigenvalue weighted by Gasteiger charge is -2.27. The molecule has 0 fully saturated rings. The van der Waals surface area contributed by atoms with E-state index in [9.17, 15) is 8.42 Å². The minimum Gasteiger partial charge on any atom is -0.398 e. The Morgan fingerprint density at radius 2 is 1.95 bits per heavy atom. The van der Waals surface area contributed by atoms with Crippen LogP contribution in [0, 0.1) is 11.3 Å². The standard InChI is InChI=1S/C13H21BrN2O2S/c1-9(13(2,3)4)8-16-19(17,18)10-5-6-11(14)12(15)7-10/h5-7,9,16H,8,15H2,1-4H3. The number of hydrogen-bond acceptors (Lipinski definition) is 3. The predicted molar refractivity (Wildman–Crippen MR) is 82.4 cm³/mol. The SMILES string of the molecule is CC(CNS(=O)(=O)c1ccc(Br)c(N)c1)C(C)(C)C. The van der Waals surface area contributed by atoms with E-state index in [0.717, 1.165) is 0 Å².